The molecule has 0 atom stereocenters. The number of hydrogen-bond donors (Lipinski definition) is 0. The van der Waals surface area contributed by atoms with Crippen LogP contribution in [0, 0.1) is 0 Å². The lowest BCUT2D eigenvalue weighted by Crippen LogP contribution is -2.36. The van der Waals surface area contributed by atoms with E-state index in [-0.39, 0.29) is 0 Å². The second-order valence-electron chi connectivity index (χ2n) is 2.77. The second-order valence-corrected chi connectivity index (χ2v) is 2.77. The Morgan fingerprint density at radius 2 is 1.91 bits per heavy atom. The van der Waals surface area contributed by atoms with Gasteiger partial charge in [-0.05, 0) is 6.42 Å². The van der Waals surface area contributed by atoms with E-state index in [4.69, 9.17) is 0 Å². The molecule has 0 aliphatic carbocycles. The van der Waals surface area contributed by atoms with E-state index in [9.17, 15) is 4.79 Å². The number of carbonyl (C=O) groups excluding carboxylic acids is 1. The summed E-state index contributed by atoms with van der Waals surface area (Å²) in [5.74, 6) is 0. The summed E-state index contributed by atoms with van der Waals surface area (Å²) in [5.41, 5.74) is 0. The fourth-order valence-electron chi connectivity index (χ4n) is 0.839. The first-order chi connectivity index (χ1) is 5.22. The molecular formula is C8H17N2O. The van der Waals surface area contributed by atoms with Gasteiger partial charge in [-0.15, -0.1) is 0 Å². The van der Waals surface area contributed by atoms with Gasteiger partial charge >= 0.3 is 6.41 Å². The third-order valence-corrected chi connectivity index (χ3v) is 1.56. The van der Waals surface area contributed by atoms with Crippen molar-refractivity contribution in [2.45, 2.75) is 26.2 Å². The Morgan fingerprint density at radius 3 is 2.27 bits per heavy atom. The van der Waals surface area contributed by atoms with E-state index >= 15 is 0 Å². The van der Waals surface area contributed by atoms with Gasteiger partial charge in [-0.2, -0.15) is 0 Å². The zero-order valence-corrected chi connectivity index (χ0v) is 7.63. The van der Waals surface area contributed by atoms with Crippen molar-refractivity contribution >= 4 is 6.41 Å². The van der Waals surface area contributed by atoms with Gasteiger partial charge in [0, 0.05) is 20.6 Å². The van der Waals surface area contributed by atoms with Gasteiger partial charge in [0.2, 0.25) is 0 Å². The Bertz CT molecular complexity index is 104. The van der Waals surface area contributed by atoms with E-state index in [1.54, 1.807) is 10.0 Å². The van der Waals surface area contributed by atoms with Gasteiger partial charge in [0.1, 0.15) is 0 Å². The van der Waals surface area contributed by atoms with E-state index in [1.165, 1.54) is 12.8 Å². The maximum Gasteiger partial charge on any atom is 0.327 e. The Balaban J connectivity index is 3.44. The average molecular weight is 157 g/mol. The molecule has 0 aromatic carbocycles. The predicted molar refractivity (Wildman–Crippen MR) is 45.6 cm³/mol. The number of hydrazine groups is 1. The van der Waals surface area contributed by atoms with E-state index in [0.29, 0.717) is 0 Å². The van der Waals surface area contributed by atoms with Crippen LogP contribution in [0.5, 0.6) is 0 Å². The van der Waals surface area contributed by atoms with E-state index < -0.39 is 0 Å². The molecule has 0 aliphatic rings. The van der Waals surface area contributed by atoms with Gasteiger partial charge in [0.05, 0.1) is 0 Å². The highest BCUT2D eigenvalue weighted by atomic mass is 16.1. The molecule has 0 fully saturated rings. The van der Waals surface area contributed by atoms with Crippen molar-refractivity contribution in [3.63, 3.8) is 0 Å². The maximum atomic E-state index is 10.3. The van der Waals surface area contributed by atoms with Gasteiger partial charge in [0.25, 0.3) is 0 Å². The van der Waals surface area contributed by atoms with Gasteiger partial charge < -0.3 is 0 Å². The van der Waals surface area contributed by atoms with Gasteiger partial charge in [-0.25, -0.2) is 5.01 Å². The molecule has 0 N–H and O–H groups in total. The van der Waals surface area contributed by atoms with Crippen LogP contribution < -0.4 is 0 Å². The molecule has 1 amide bonds. The number of nitrogens with zero attached hydrogens (tertiary/aromatic N) is 2. The molecule has 0 bridgehead atoms. The third-order valence-electron chi connectivity index (χ3n) is 1.56. The lowest BCUT2D eigenvalue weighted by molar-refractivity contribution is 0.103. The minimum atomic E-state index is 0.782. The number of rotatable bonds is 6. The van der Waals surface area contributed by atoms with E-state index in [0.717, 1.165) is 13.0 Å². The number of unbranched alkanes of at least 4 members (excludes halogenated alkanes) is 2. The zero-order chi connectivity index (χ0) is 8.69. The van der Waals surface area contributed by atoms with Gasteiger partial charge in [-0.1, -0.05) is 19.8 Å². The molecular weight excluding hydrogens is 140 g/mol. The molecule has 3 nitrogen and oxygen atoms in total. The van der Waals surface area contributed by atoms with Crippen LogP contribution >= 0.6 is 0 Å². The van der Waals surface area contributed by atoms with Crippen molar-refractivity contribution in [2.24, 2.45) is 0 Å². The minimum absolute atomic E-state index is 0.782. The standard InChI is InChI=1S/C8H17N2O/c1-4-5-6-7-10(8-11)9(2)3/h4-7H2,1-3H3. The van der Waals surface area contributed by atoms with Crippen molar-refractivity contribution in [1.82, 2.24) is 10.0 Å². The smallest absolute Gasteiger partial charge is 0.267 e. The fourth-order valence-corrected chi connectivity index (χ4v) is 0.839. The van der Waals surface area contributed by atoms with Crippen molar-refractivity contribution in [3.8, 4) is 0 Å². The van der Waals surface area contributed by atoms with Crippen LogP contribution in [0.3, 0.4) is 0 Å². The molecule has 0 heterocycles. The molecule has 0 saturated carbocycles. The van der Waals surface area contributed by atoms with E-state index in [2.05, 4.69) is 6.92 Å². The molecule has 0 unspecified atom stereocenters. The molecule has 1 radical (unpaired) electrons. The van der Waals surface area contributed by atoms with Crippen LogP contribution in [0.1, 0.15) is 26.2 Å². The molecule has 0 rings (SSSR count). The topological polar surface area (TPSA) is 23.6 Å². The third kappa shape index (κ3) is 4.79. The Labute approximate surface area is 68.9 Å². The lowest BCUT2D eigenvalue weighted by Gasteiger charge is -2.22. The first-order valence-corrected chi connectivity index (χ1v) is 4.05. The second kappa shape index (κ2) is 6.16. The highest BCUT2D eigenvalue weighted by molar-refractivity contribution is 5.46. The number of amides is 1. The van der Waals surface area contributed by atoms with Crippen LogP contribution in [-0.2, 0) is 4.79 Å². The van der Waals surface area contributed by atoms with Crippen LogP contribution in [0.25, 0.3) is 0 Å². The molecule has 65 valence electrons. The summed E-state index contributed by atoms with van der Waals surface area (Å²) in [5, 5.41) is 3.30. The largest absolute Gasteiger partial charge is 0.327 e. The normalized spacial score (nSPS) is 10.2. The van der Waals surface area contributed by atoms with Crippen LogP contribution in [0.2, 0.25) is 0 Å². The molecule has 0 aliphatic heterocycles. The van der Waals surface area contributed by atoms with Gasteiger partial charge in [0.15, 0.2) is 0 Å². The lowest BCUT2D eigenvalue weighted by atomic mass is 10.2. The summed E-state index contributed by atoms with van der Waals surface area (Å²) in [7, 11) is 3.69. The van der Waals surface area contributed by atoms with Crippen molar-refractivity contribution in [1.29, 1.82) is 0 Å². The molecule has 3 heteroatoms. The highest BCUT2D eigenvalue weighted by Crippen LogP contribution is 1.96. The molecule has 0 saturated heterocycles. The Morgan fingerprint density at radius 1 is 1.27 bits per heavy atom. The zero-order valence-electron chi connectivity index (χ0n) is 7.63. The molecule has 0 aromatic heterocycles. The first kappa shape index (κ1) is 10.4. The first-order valence-electron chi connectivity index (χ1n) is 4.05. The summed E-state index contributed by atoms with van der Waals surface area (Å²) >= 11 is 0. The Kier molecular flexibility index (Phi) is 5.84. The SMILES string of the molecule is CCCCCN([C]=O)N(C)C. The van der Waals surface area contributed by atoms with Crippen LogP contribution in [0.4, 0.5) is 0 Å². The number of hydrogen-bond acceptors (Lipinski definition) is 2. The summed E-state index contributed by atoms with van der Waals surface area (Å²) < 4.78 is 0. The molecule has 0 aromatic rings. The van der Waals surface area contributed by atoms with Crippen LogP contribution in [0.15, 0.2) is 0 Å². The minimum Gasteiger partial charge on any atom is -0.267 e. The van der Waals surface area contributed by atoms with Crippen LogP contribution in [-0.4, -0.2) is 37.1 Å². The monoisotopic (exact) mass is 157 g/mol. The average Bonchev–Trinajstić information content (AvgIpc) is 1.97. The summed E-state index contributed by atoms with van der Waals surface area (Å²) in [4.78, 5) is 10.3. The quantitative estimate of drug-likeness (QED) is 0.326. The van der Waals surface area contributed by atoms with Crippen molar-refractivity contribution in [2.75, 3.05) is 20.6 Å². The van der Waals surface area contributed by atoms with Crippen molar-refractivity contribution in [3.05, 3.63) is 0 Å². The fraction of sp³-hybridized carbons (Fsp3) is 0.875. The predicted octanol–water partition coefficient (Wildman–Crippen LogP) is 1.02. The highest BCUT2D eigenvalue weighted by Gasteiger charge is 2.02. The summed E-state index contributed by atoms with van der Waals surface area (Å²) in [6.07, 6.45) is 5.28. The summed E-state index contributed by atoms with van der Waals surface area (Å²) in [6, 6.07) is 0. The van der Waals surface area contributed by atoms with Crippen molar-refractivity contribution < 1.29 is 4.79 Å². The van der Waals surface area contributed by atoms with E-state index in [1.807, 2.05) is 20.5 Å². The maximum absolute atomic E-state index is 10.3. The Hall–Kier alpha value is -0.570. The molecule has 11 heavy (non-hydrogen) atoms. The molecule has 0 spiro atoms. The van der Waals surface area contributed by atoms with Gasteiger partial charge in [-0.3, -0.25) is 9.80 Å². The summed E-state index contributed by atoms with van der Waals surface area (Å²) in [6.45, 7) is 2.93.